The number of rotatable bonds is 9. The van der Waals surface area contributed by atoms with Crippen molar-refractivity contribution in [1.29, 1.82) is 0 Å². The number of ether oxygens (including phenoxy) is 2. The van der Waals surface area contributed by atoms with Gasteiger partial charge < -0.3 is 14.6 Å². The van der Waals surface area contributed by atoms with E-state index in [4.69, 9.17) is 14.6 Å². The molecule has 0 aromatic carbocycles. The van der Waals surface area contributed by atoms with Crippen LogP contribution in [0.2, 0.25) is 0 Å². The van der Waals surface area contributed by atoms with Gasteiger partial charge in [-0.2, -0.15) is 0 Å². The smallest absolute Gasteiger partial charge is 0.318 e. The Morgan fingerprint density at radius 3 is 2.47 bits per heavy atom. The number of carboxylic acids is 1. The minimum atomic E-state index is -3.53. The molecular formula is C8H16O6S. The van der Waals surface area contributed by atoms with Crippen LogP contribution >= 0.6 is 0 Å². The van der Waals surface area contributed by atoms with Crippen molar-refractivity contribution < 1.29 is 27.8 Å². The van der Waals surface area contributed by atoms with Crippen LogP contribution in [0.15, 0.2) is 0 Å². The summed E-state index contributed by atoms with van der Waals surface area (Å²) in [6, 6.07) is 0. The zero-order chi connectivity index (χ0) is 11.7. The molecule has 0 aromatic rings. The number of hydrogen-bond donors (Lipinski definition) is 1. The summed E-state index contributed by atoms with van der Waals surface area (Å²) in [6.07, 6.45) is 0.690. The lowest BCUT2D eigenvalue weighted by Gasteiger charge is -2.03. The topological polar surface area (TPSA) is 89.9 Å². The molecule has 6 nitrogen and oxygen atoms in total. The molecule has 0 aliphatic heterocycles. The van der Waals surface area contributed by atoms with E-state index in [1.807, 2.05) is 0 Å². The molecule has 0 fully saturated rings. The van der Waals surface area contributed by atoms with E-state index < -0.39 is 21.6 Å². The van der Waals surface area contributed by atoms with Gasteiger partial charge in [0.15, 0.2) is 9.84 Å². The lowest BCUT2D eigenvalue weighted by Crippen LogP contribution is -2.21. The summed E-state index contributed by atoms with van der Waals surface area (Å²) in [5.41, 5.74) is 0. The number of sulfone groups is 1. The van der Waals surface area contributed by atoms with E-state index in [0.29, 0.717) is 19.6 Å². The number of aliphatic carboxylic acids is 1. The molecule has 0 spiro atoms. The van der Waals surface area contributed by atoms with E-state index in [2.05, 4.69) is 0 Å². The van der Waals surface area contributed by atoms with Crippen molar-refractivity contribution in [1.82, 2.24) is 0 Å². The van der Waals surface area contributed by atoms with Crippen LogP contribution in [0.25, 0.3) is 0 Å². The van der Waals surface area contributed by atoms with E-state index >= 15 is 0 Å². The summed E-state index contributed by atoms with van der Waals surface area (Å²) in [5.74, 6) is -2.44. The standard InChI is InChI=1S/C8H16O6S/c1-13-3-2-4-14-5-6-15(11,12)7-8(9)10/h2-7H2,1H3,(H,9,10). The summed E-state index contributed by atoms with van der Waals surface area (Å²) >= 11 is 0. The van der Waals surface area contributed by atoms with Crippen LogP contribution in [-0.4, -0.2) is 57.9 Å². The molecule has 0 heterocycles. The third-order valence-corrected chi connectivity index (χ3v) is 2.99. The van der Waals surface area contributed by atoms with E-state index in [1.54, 1.807) is 7.11 Å². The Bertz CT molecular complexity index is 271. The fraction of sp³-hybridized carbons (Fsp3) is 0.875. The average Bonchev–Trinajstić information content (AvgIpc) is 2.08. The fourth-order valence-corrected chi connectivity index (χ4v) is 1.75. The molecular weight excluding hydrogens is 224 g/mol. The summed E-state index contributed by atoms with van der Waals surface area (Å²) in [5, 5.41) is 8.29. The number of hydrogen-bond acceptors (Lipinski definition) is 5. The van der Waals surface area contributed by atoms with E-state index in [-0.39, 0.29) is 12.4 Å². The lowest BCUT2D eigenvalue weighted by molar-refractivity contribution is -0.134. The Morgan fingerprint density at radius 1 is 1.27 bits per heavy atom. The molecule has 0 atom stereocenters. The molecule has 0 amide bonds. The summed E-state index contributed by atoms with van der Waals surface area (Å²) in [7, 11) is -1.96. The Kier molecular flexibility index (Phi) is 7.27. The van der Waals surface area contributed by atoms with Gasteiger partial charge in [0.2, 0.25) is 0 Å². The van der Waals surface area contributed by atoms with Crippen LogP contribution < -0.4 is 0 Å². The van der Waals surface area contributed by atoms with Crippen LogP contribution in [0, 0.1) is 0 Å². The fourth-order valence-electron chi connectivity index (χ4n) is 0.854. The van der Waals surface area contributed by atoms with Gasteiger partial charge in [0, 0.05) is 20.3 Å². The maximum absolute atomic E-state index is 11.0. The molecule has 0 aliphatic carbocycles. The second-order valence-electron chi connectivity index (χ2n) is 2.94. The van der Waals surface area contributed by atoms with Crippen molar-refractivity contribution in [3.63, 3.8) is 0 Å². The van der Waals surface area contributed by atoms with Gasteiger partial charge in [0.05, 0.1) is 12.4 Å². The van der Waals surface area contributed by atoms with Crippen molar-refractivity contribution in [3.05, 3.63) is 0 Å². The average molecular weight is 240 g/mol. The van der Waals surface area contributed by atoms with Crippen LogP contribution in [0.1, 0.15) is 6.42 Å². The first kappa shape index (κ1) is 14.3. The molecule has 0 radical (unpaired) electrons. The highest BCUT2D eigenvalue weighted by molar-refractivity contribution is 7.92. The number of carbonyl (C=O) groups is 1. The Hall–Kier alpha value is -0.660. The first-order valence-electron chi connectivity index (χ1n) is 4.47. The van der Waals surface area contributed by atoms with E-state index in [9.17, 15) is 13.2 Å². The van der Waals surface area contributed by atoms with Crippen molar-refractivity contribution in [2.24, 2.45) is 0 Å². The van der Waals surface area contributed by atoms with Crippen molar-refractivity contribution >= 4 is 15.8 Å². The maximum atomic E-state index is 11.0. The van der Waals surface area contributed by atoms with Gasteiger partial charge in [-0.05, 0) is 6.42 Å². The van der Waals surface area contributed by atoms with Crippen LogP contribution in [0.3, 0.4) is 0 Å². The normalized spacial score (nSPS) is 11.5. The molecule has 0 bridgehead atoms. The summed E-state index contributed by atoms with van der Waals surface area (Å²) in [4.78, 5) is 10.2. The molecule has 0 rings (SSSR count). The summed E-state index contributed by atoms with van der Waals surface area (Å²) < 4.78 is 31.9. The Labute approximate surface area is 89.1 Å². The van der Waals surface area contributed by atoms with Gasteiger partial charge in [0.1, 0.15) is 5.75 Å². The van der Waals surface area contributed by atoms with Crippen LogP contribution in [-0.2, 0) is 24.1 Å². The molecule has 0 saturated carbocycles. The van der Waals surface area contributed by atoms with Gasteiger partial charge in [-0.3, -0.25) is 4.79 Å². The minimum Gasteiger partial charge on any atom is -0.480 e. The van der Waals surface area contributed by atoms with E-state index in [1.165, 1.54) is 0 Å². The van der Waals surface area contributed by atoms with E-state index in [0.717, 1.165) is 0 Å². The van der Waals surface area contributed by atoms with Gasteiger partial charge in [-0.1, -0.05) is 0 Å². The highest BCUT2D eigenvalue weighted by Crippen LogP contribution is 1.92. The highest BCUT2D eigenvalue weighted by Gasteiger charge is 2.15. The highest BCUT2D eigenvalue weighted by atomic mass is 32.2. The molecule has 0 aromatic heterocycles. The SMILES string of the molecule is COCCCOCCS(=O)(=O)CC(=O)O. The third kappa shape index (κ3) is 9.64. The predicted octanol–water partition coefficient (Wildman–Crippen LogP) is -0.461. The molecule has 0 saturated heterocycles. The van der Waals surface area contributed by atoms with Gasteiger partial charge in [-0.25, -0.2) is 8.42 Å². The van der Waals surface area contributed by atoms with Gasteiger partial charge >= 0.3 is 5.97 Å². The zero-order valence-electron chi connectivity index (χ0n) is 8.64. The van der Waals surface area contributed by atoms with Crippen LogP contribution in [0.4, 0.5) is 0 Å². The van der Waals surface area contributed by atoms with Gasteiger partial charge in [0.25, 0.3) is 0 Å². The second-order valence-corrected chi connectivity index (χ2v) is 5.13. The van der Waals surface area contributed by atoms with Crippen LogP contribution in [0.5, 0.6) is 0 Å². The molecule has 7 heteroatoms. The quantitative estimate of drug-likeness (QED) is 0.548. The Morgan fingerprint density at radius 2 is 1.93 bits per heavy atom. The first-order valence-corrected chi connectivity index (χ1v) is 6.29. The van der Waals surface area contributed by atoms with Crippen molar-refractivity contribution in [2.45, 2.75) is 6.42 Å². The van der Waals surface area contributed by atoms with Crippen molar-refractivity contribution in [2.75, 3.05) is 38.4 Å². The minimum absolute atomic E-state index is 0.0271. The summed E-state index contributed by atoms with van der Waals surface area (Å²) in [6.45, 7) is 0.998. The molecule has 0 unspecified atom stereocenters. The molecule has 15 heavy (non-hydrogen) atoms. The largest absolute Gasteiger partial charge is 0.480 e. The Balaban J connectivity index is 3.54. The van der Waals surface area contributed by atoms with Gasteiger partial charge in [-0.15, -0.1) is 0 Å². The number of methoxy groups -OCH3 is 1. The predicted molar refractivity (Wildman–Crippen MR) is 53.6 cm³/mol. The molecule has 0 aliphatic rings. The lowest BCUT2D eigenvalue weighted by atomic mass is 10.5. The zero-order valence-corrected chi connectivity index (χ0v) is 9.46. The third-order valence-electron chi connectivity index (χ3n) is 1.52. The first-order chi connectivity index (χ1) is 6.98. The second kappa shape index (κ2) is 7.61. The maximum Gasteiger partial charge on any atom is 0.318 e. The monoisotopic (exact) mass is 240 g/mol. The van der Waals surface area contributed by atoms with Crippen molar-refractivity contribution in [3.8, 4) is 0 Å². The molecule has 1 N–H and O–H groups in total. The number of carboxylic acid groups (broad SMARTS) is 1. The molecule has 90 valence electrons.